The number of benzene rings is 2. The maximum atomic E-state index is 14.1. The first-order valence-corrected chi connectivity index (χ1v) is 13.0. The van der Waals surface area contributed by atoms with Gasteiger partial charge >= 0.3 is 12.1 Å². The number of hydrogen-bond acceptors (Lipinski definition) is 6. The smallest absolute Gasteiger partial charge is 0.419 e. The molecule has 1 aliphatic heterocycles. The molecule has 1 aromatic heterocycles. The van der Waals surface area contributed by atoms with Gasteiger partial charge in [0.25, 0.3) is 0 Å². The molecule has 3 aromatic rings. The van der Waals surface area contributed by atoms with E-state index in [0.717, 1.165) is 60.4 Å². The van der Waals surface area contributed by atoms with Gasteiger partial charge in [-0.15, -0.1) is 0 Å². The number of piperazine rings is 1. The number of aryl methyl sites for hydroxylation is 1. The molecule has 1 aliphatic rings. The molecule has 0 saturated carbocycles. The highest BCUT2D eigenvalue weighted by Crippen LogP contribution is 2.38. The lowest BCUT2D eigenvalue weighted by Crippen LogP contribution is -2.53. The first-order valence-electron chi connectivity index (χ1n) is 12.1. The zero-order chi connectivity index (χ0) is 26.7. The number of halogens is 4. The van der Waals surface area contributed by atoms with Gasteiger partial charge in [-0.2, -0.15) is 13.2 Å². The Kier molecular flexibility index (Phi) is 8.23. The fraction of sp³-hybridized carbons (Fsp3) is 0.462. The van der Waals surface area contributed by atoms with Crippen LogP contribution in [0.15, 0.2) is 30.3 Å². The molecule has 4 rings (SSSR count). The molecule has 6 nitrogen and oxygen atoms in total. The van der Waals surface area contributed by atoms with Crippen molar-refractivity contribution in [3.8, 4) is 5.75 Å². The van der Waals surface area contributed by atoms with Crippen molar-refractivity contribution in [2.24, 2.45) is 0 Å². The largest absolute Gasteiger partial charge is 0.482 e. The number of nitrogens with zero attached hydrogens (tertiary/aromatic N) is 3. The summed E-state index contributed by atoms with van der Waals surface area (Å²) in [4.78, 5) is 19.8. The van der Waals surface area contributed by atoms with Gasteiger partial charge < -0.3 is 14.7 Å². The van der Waals surface area contributed by atoms with Gasteiger partial charge in [-0.05, 0) is 42.7 Å². The number of fused-ring (bicyclic) bond motifs is 1. The SMILES string of the molecule is CCCC[C@@H]1CN(Cc2cc(C)cc(OCC(=O)O)c2)CCN1c1nc2cc(F)c(C(F)(F)F)cc2s1. The maximum absolute atomic E-state index is 14.1. The van der Waals surface area contributed by atoms with Crippen LogP contribution in [-0.4, -0.2) is 53.2 Å². The monoisotopic (exact) mass is 539 g/mol. The van der Waals surface area contributed by atoms with E-state index in [1.54, 1.807) is 6.07 Å². The quantitative estimate of drug-likeness (QED) is 0.331. The van der Waals surface area contributed by atoms with Gasteiger partial charge in [0.1, 0.15) is 11.6 Å². The molecule has 0 amide bonds. The van der Waals surface area contributed by atoms with Crippen LogP contribution in [0.4, 0.5) is 22.7 Å². The molecule has 1 atom stereocenters. The van der Waals surface area contributed by atoms with Crippen molar-refractivity contribution in [1.29, 1.82) is 0 Å². The number of carboxylic acids is 1. The van der Waals surface area contributed by atoms with Crippen molar-refractivity contribution >= 4 is 32.7 Å². The topological polar surface area (TPSA) is 65.9 Å². The van der Waals surface area contributed by atoms with Gasteiger partial charge in [0.15, 0.2) is 11.7 Å². The average molecular weight is 540 g/mol. The number of carbonyl (C=O) groups is 1. The van der Waals surface area contributed by atoms with Gasteiger partial charge in [-0.3, -0.25) is 4.90 Å². The van der Waals surface area contributed by atoms with Crippen molar-refractivity contribution in [2.45, 2.75) is 51.9 Å². The number of ether oxygens (including phenoxy) is 1. The summed E-state index contributed by atoms with van der Waals surface area (Å²) in [7, 11) is 0. The number of alkyl halides is 3. The molecule has 0 unspecified atom stereocenters. The number of rotatable bonds is 9. The minimum atomic E-state index is -4.76. The number of hydrogen-bond donors (Lipinski definition) is 1. The third kappa shape index (κ3) is 6.70. The highest BCUT2D eigenvalue weighted by atomic mass is 32.1. The van der Waals surface area contributed by atoms with Crippen molar-refractivity contribution < 1.29 is 32.2 Å². The van der Waals surface area contributed by atoms with E-state index in [0.29, 0.717) is 35.2 Å². The second-order valence-corrected chi connectivity index (χ2v) is 10.4. The minimum absolute atomic E-state index is 0.105. The zero-order valence-electron chi connectivity index (χ0n) is 20.6. The zero-order valence-corrected chi connectivity index (χ0v) is 21.5. The molecule has 1 N–H and O–H groups in total. The van der Waals surface area contributed by atoms with E-state index in [4.69, 9.17) is 9.84 Å². The molecule has 0 aliphatic carbocycles. The first kappa shape index (κ1) is 27.1. The van der Waals surface area contributed by atoms with Crippen molar-refractivity contribution in [3.63, 3.8) is 0 Å². The second-order valence-electron chi connectivity index (χ2n) is 9.36. The number of aliphatic carboxylic acids is 1. The van der Waals surface area contributed by atoms with Crippen LogP contribution < -0.4 is 9.64 Å². The van der Waals surface area contributed by atoms with Gasteiger partial charge in [-0.25, -0.2) is 14.2 Å². The van der Waals surface area contributed by atoms with E-state index < -0.39 is 30.1 Å². The third-order valence-corrected chi connectivity index (χ3v) is 7.41. The molecule has 200 valence electrons. The molecule has 0 spiro atoms. The minimum Gasteiger partial charge on any atom is -0.482 e. The maximum Gasteiger partial charge on any atom is 0.419 e. The molecule has 1 saturated heterocycles. The van der Waals surface area contributed by atoms with Crippen LogP contribution in [0.1, 0.15) is 42.9 Å². The Bertz CT molecular complexity index is 1260. The molecule has 0 bridgehead atoms. The molecule has 1 fully saturated rings. The Labute approximate surface area is 216 Å². The van der Waals surface area contributed by atoms with Gasteiger partial charge in [0, 0.05) is 38.3 Å². The molecular weight excluding hydrogens is 510 g/mol. The average Bonchev–Trinajstić information content (AvgIpc) is 3.22. The van der Waals surface area contributed by atoms with Crippen LogP contribution in [0.3, 0.4) is 0 Å². The Balaban J connectivity index is 1.53. The van der Waals surface area contributed by atoms with Crippen LogP contribution in [-0.2, 0) is 17.5 Å². The molecule has 11 heteroatoms. The van der Waals surface area contributed by atoms with Crippen LogP contribution in [0.5, 0.6) is 5.75 Å². The highest BCUT2D eigenvalue weighted by molar-refractivity contribution is 7.22. The summed E-state index contributed by atoms with van der Waals surface area (Å²) in [6.07, 6.45) is -1.87. The summed E-state index contributed by atoms with van der Waals surface area (Å²) in [5.41, 5.74) is 0.945. The number of unbranched alkanes of at least 4 members (excludes halogenated alkanes) is 1. The van der Waals surface area contributed by atoms with Crippen molar-refractivity contribution in [2.75, 3.05) is 31.1 Å². The Hall–Kier alpha value is -2.92. The number of anilines is 1. The fourth-order valence-corrected chi connectivity index (χ4v) is 5.76. The summed E-state index contributed by atoms with van der Waals surface area (Å²) < 4.78 is 59.3. The molecular formula is C26H29F4N3O3S. The number of aromatic nitrogens is 1. The van der Waals surface area contributed by atoms with E-state index in [-0.39, 0.29) is 11.6 Å². The Morgan fingerprint density at radius 2 is 2.00 bits per heavy atom. The lowest BCUT2D eigenvalue weighted by Gasteiger charge is -2.41. The third-order valence-electron chi connectivity index (χ3n) is 6.35. The van der Waals surface area contributed by atoms with Gasteiger partial charge in [-0.1, -0.05) is 37.2 Å². The lowest BCUT2D eigenvalue weighted by atomic mass is 10.0. The predicted molar refractivity (Wildman–Crippen MR) is 135 cm³/mol. The van der Waals surface area contributed by atoms with Crippen LogP contribution in [0.25, 0.3) is 10.2 Å². The normalized spacial score (nSPS) is 16.9. The van der Waals surface area contributed by atoms with Gasteiger partial charge in [0.2, 0.25) is 0 Å². The molecule has 2 heterocycles. The Morgan fingerprint density at radius 1 is 1.22 bits per heavy atom. The van der Waals surface area contributed by atoms with Crippen LogP contribution >= 0.6 is 11.3 Å². The molecule has 37 heavy (non-hydrogen) atoms. The molecule has 0 radical (unpaired) electrons. The fourth-order valence-electron chi connectivity index (χ4n) is 4.68. The van der Waals surface area contributed by atoms with Gasteiger partial charge in [0.05, 0.1) is 15.8 Å². The standard InChI is InChI=1S/C26H29F4N3O3S/c1-3-4-5-18-14-32(13-17-8-16(2)9-19(10-17)36-15-24(34)35)6-7-33(18)25-31-22-12-21(27)20(26(28,29)30)11-23(22)37-25/h8-12,18H,3-7,13-15H2,1-2H3,(H,34,35)/t18-/m1/s1. The first-order chi connectivity index (χ1) is 17.5. The number of thiazole rings is 1. The van der Waals surface area contributed by atoms with E-state index in [9.17, 15) is 22.4 Å². The van der Waals surface area contributed by atoms with Crippen molar-refractivity contribution in [1.82, 2.24) is 9.88 Å². The van der Waals surface area contributed by atoms with Crippen molar-refractivity contribution in [3.05, 3.63) is 52.8 Å². The van der Waals surface area contributed by atoms with Crippen LogP contribution in [0.2, 0.25) is 0 Å². The number of carboxylic acid groups (broad SMARTS) is 1. The lowest BCUT2D eigenvalue weighted by molar-refractivity contribution is -0.140. The second kappa shape index (κ2) is 11.2. The predicted octanol–water partition coefficient (Wildman–Crippen LogP) is 6.11. The Morgan fingerprint density at radius 3 is 2.70 bits per heavy atom. The highest BCUT2D eigenvalue weighted by Gasteiger charge is 2.35. The molecule has 2 aromatic carbocycles. The van der Waals surface area contributed by atoms with E-state index in [1.165, 1.54) is 0 Å². The summed E-state index contributed by atoms with van der Waals surface area (Å²) in [6.45, 7) is 6.36. The summed E-state index contributed by atoms with van der Waals surface area (Å²) in [5, 5.41) is 9.50. The summed E-state index contributed by atoms with van der Waals surface area (Å²) in [6, 6.07) is 7.52. The summed E-state index contributed by atoms with van der Waals surface area (Å²) >= 11 is 1.16. The van der Waals surface area contributed by atoms with E-state index in [1.807, 2.05) is 19.1 Å². The van der Waals surface area contributed by atoms with E-state index in [2.05, 4.69) is 21.7 Å². The van der Waals surface area contributed by atoms with E-state index >= 15 is 0 Å². The summed E-state index contributed by atoms with van der Waals surface area (Å²) in [5.74, 6) is -1.84. The van der Waals surface area contributed by atoms with Crippen LogP contribution in [0, 0.1) is 12.7 Å².